The number of aromatic amines is 1. The first kappa shape index (κ1) is 22.4. The van der Waals surface area contributed by atoms with Crippen molar-refractivity contribution in [3.05, 3.63) is 94.3 Å². The first-order valence-corrected chi connectivity index (χ1v) is 10.7. The van der Waals surface area contributed by atoms with E-state index in [-0.39, 0.29) is 30.9 Å². The summed E-state index contributed by atoms with van der Waals surface area (Å²) >= 11 is 0. The molecule has 5 aromatic rings. The number of nitrogens with zero attached hydrogens (tertiary/aromatic N) is 4. The second-order valence-electron chi connectivity index (χ2n) is 8.01. The average Bonchev–Trinajstić information content (AvgIpc) is 3.45. The number of alkyl halides is 3. The highest BCUT2D eigenvalue weighted by Gasteiger charge is 2.30. The molecule has 0 bridgehead atoms. The van der Waals surface area contributed by atoms with Crippen LogP contribution in [-0.2, 0) is 19.3 Å². The lowest BCUT2D eigenvalue weighted by molar-refractivity contribution is -0.137. The molecule has 0 radical (unpaired) electrons. The molecule has 1 amide bonds. The predicted molar refractivity (Wildman–Crippen MR) is 123 cm³/mol. The normalized spacial score (nSPS) is 11.9. The number of H-pyrrole nitrogens is 1. The van der Waals surface area contributed by atoms with Crippen molar-refractivity contribution in [3.8, 4) is 0 Å². The van der Waals surface area contributed by atoms with Gasteiger partial charge in [-0.2, -0.15) is 18.3 Å². The van der Waals surface area contributed by atoms with E-state index in [1.807, 2.05) is 24.3 Å². The third kappa shape index (κ3) is 4.52. The average molecular weight is 480 g/mol. The SMILES string of the molecule is O=C(NCCn1ncc2c(=O)n(Cc3cccc(C(F)(F)F)c3)cnc21)c1cc2ccccc2[nH]1. The molecule has 11 heteroatoms. The summed E-state index contributed by atoms with van der Waals surface area (Å²) in [6.07, 6.45) is -1.81. The number of hydrogen-bond acceptors (Lipinski definition) is 4. The lowest BCUT2D eigenvalue weighted by Crippen LogP contribution is -2.28. The number of halogens is 3. The Kier molecular flexibility index (Phi) is 5.59. The van der Waals surface area contributed by atoms with Crippen molar-refractivity contribution < 1.29 is 18.0 Å². The summed E-state index contributed by atoms with van der Waals surface area (Å²) in [6.45, 7) is 0.469. The monoisotopic (exact) mass is 480 g/mol. The van der Waals surface area contributed by atoms with Crippen molar-refractivity contribution >= 4 is 27.8 Å². The van der Waals surface area contributed by atoms with Gasteiger partial charge in [0.05, 0.1) is 24.8 Å². The van der Waals surface area contributed by atoms with Crippen molar-refractivity contribution in [1.82, 2.24) is 29.6 Å². The fourth-order valence-corrected chi connectivity index (χ4v) is 3.88. The molecule has 0 saturated carbocycles. The van der Waals surface area contributed by atoms with Crippen LogP contribution in [0.2, 0.25) is 0 Å². The number of hydrogen-bond donors (Lipinski definition) is 2. The maximum atomic E-state index is 13.0. The fourth-order valence-electron chi connectivity index (χ4n) is 3.88. The van der Waals surface area contributed by atoms with Gasteiger partial charge in [0.1, 0.15) is 17.4 Å². The van der Waals surface area contributed by atoms with Crippen molar-refractivity contribution in [2.75, 3.05) is 6.54 Å². The molecule has 0 unspecified atom stereocenters. The summed E-state index contributed by atoms with van der Waals surface area (Å²) in [5, 5.41) is 8.16. The number of benzene rings is 2. The van der Waals surface area contributed by atoms with Crippen LogP contribution in [0.4, 0.5) is 13.2 Å². The molecule has 0 aliphatic rings. The summed E-state index contributed by atoms with van der Waals surface area (Å²) < 4.78 is 41.7. The number of aromatic nitrogens is 5. The highest BCUT2D eigenvalue weighted by molar-refractivity contribution is 5.97. The molecule has 0 saturated heterocycles. The van der Waals surface area contributed by atoms with E-state index in [0.717, 1.165) is 23.0 Å². The third-order valence-electron chi connectivity index (χ3n) is 5.61. The smallest absolute Gasteiger partial charge is 0.351 e. The Hall–Kier alpha value is -4.41. The Bertz CT molecular complexity index is 1570. The Labute approximate surface area is 196 Å². The summed E-state index contributed by atoms with van der Waals surface area (Å²) in [7, 11) is 0. The van der Waals surface area contributed by atoms with Gasteiger partial charge in [-0.1, -0.05) is 30.3 Å². The van der Waals surface area contributed by atoms with Crippen LogP contribution in [0.25, 0.3) is 21.9 Å². The van der Waals surface area contributed by atoms with Crippen molar-refractivity contribution in [2.45, 2.75) is 19.3 Å². The van der Waals surface area contributed by atoms with Gasteiger partial charge in [-0.15, -0.1) is 0 Å². The number of carbonyl (C=O) groups excluding carboxylic acids is 1. The fraction of sp³-hybridized carbons (Fsp3) is 0.167. The summed E-state index contributed by atoms with van der Waals surface area (Å²) in [5.74, 6) is -0.269. The van der Waals surface area contributed by atoms with Crippen LogP contribution in [0.5, 0.6) is 0 Å². The van der Waals surface area contributed by atoms with Gasteiger partial charge in [0.25, 0.3) is 11.5 Å². The van der Waals surface area contributed by atoms with E-state index >= 15 is 0 Å². The number of para-hydroxylation sites is 1. The first-order valence-electron chi connectivity index (χ1n) is 10.7. The quantitative estimate of drug-likeness (QED) is 0.388. The molecule has 0 fully saturated rings. The second-order valence-corrected chi connectivity index (χ2v) is 8.01. The molecular weight excluding hydrogens is 461 g/mol. The number of rotatable bonds is 6. The van der Waals surface area contributed by atoms with Gasteiger partial charge in [0, 0.05) is 17.4 Å². The molecule has 0 aliphatic heterocycles. The van der Waals surface area contributed by atoms with E-state index in [1.54, 1.807) is 6.07 Å². The number of amides is 1. The number of nitrogens with one attached hydrogen (secondary N) is 2. The van der Waals surface area contributed by atoms with Crippen molar-refractivity contribution in [1.29, 1.82) is 0 Å². The predicted octanol–water partition coefficient (Wildman–Crippen LogP) is 3.57. The zero-order valence-electron chi connectivity index (χ0n) is 18.2. The summed E-state index contributed by atoms with van der Waals surface area (Å²) in [5.41, 5.74) is 0.763. The van der Waals surface area contributed by atoms with E-state index < -0.39 is 17.3 Å². The summed E-state index contributed by atoms with van der Waals surface area (Å²) in [6, 6.07) is 14.1. The molecule has 2 aromatic carbocycles. The minimum Gasteiger partial charge on any atom is -0.351 e. The molecule has 2 N–H and O–H groups in total. The van der Waals surface area contributed by atoms with Gasteiger partial charge in [0.2, 0.25) is 0 Å². The van der Waals surface area contributed by atoms with E-state index in [2.05, 4.69) is 20.4 Å². The molecule has 178 valence electrons. The van der Waals surface area contributed by atoms with Gasteiger partial charge >= 0.3 is 6.18 Å². The molecular formula is C24H19F3N6O2. The second kappa shape index (κ2) is 8.75. The minimum absolute atomic E-state index is 0.0581. The van der Waals surface area contributed by atoms with Crippen LogP contribution < -0.4 is 10.9 Å². The van der Waals surface area contributed by atoms with Gasteiger partial charge in [-0.3, -0.25) is 14.2 Å². The molecule has 0 spiro atoms. The number of carbonyl (C=O) groups is 1. The van der Waals surface area contributed by atoms with E-state index in [9.17, 15) is 22.8 Å². The highest BCUT2D eigenvalue weighted by Crippen LogP contribution is 2.29. The van der Waals surface area contributed by atoms with E-state index in [4.69, 9.17) is 0 Å². The van der Waals surface area contributed by atoms with E-state index in [0.29, 0.717) is 16.9 Å². The first-order chi connectivity index (χ1) is 16.8. The Morgan fingerprint density at radius 3 is 2.71 bits per heavy atom. The maximum absolute atomic E-state index is 13.0. The lowest BCUT2D eigenvalue weighted by Gasteiger charge is -2.10. The Morgan fingerprint density at radius 1 is 1.09 bits per heavy atom. The largest absolute Gasteiger partial charge is 0.416 e. The standard InChI is InChI=1S/C24H19F3N6O2/c25-24(26,27)17-6-3-4-15(10-17)13-32-14-29-21-18(23(32)35)12-30-33(21)9-8-28-22(34)20-11-16-5-1-2-7-19(16)31-20/h1-7,10-12,14,31H,8-9,13H2,(H,28,34). The zero-order valence-corrected chi connectivity index (χ0v) is 18.2. The molecule has 0 aliphatic carbocycles. The Balaban J connectivity index is 1.28. The highest BCUT2D eigenvalue weighted by atomic mass is 19.4. The van der Waals surface area contributed by atoms with Crippen LogP contribution in [0, 0.1) is 0 Å². The van der Waals surface area contributed by atoms with E-state index in [1.165, 1.54) is 33.9 Å². The van der Waals surface area contributed by atoms with Gasteiger partial charge in [-0.25, -0.2) is 9.67 Å². The minimum atomic E-state index is -4.46. The topological polar surface area (TPSA) is 97.6 Å². The van der Waals surface area contributed by atoms with Crippen LogP contribution in [0.15, 0.2) is 71.9 Å². The van der Waals surface area contributed by atoms with Crippen LogP contribution >= 0.6 is 0 Å². The van der Waals surface area contributed by atoms with Crippen LogP contribution in [0.1, 0.15) is 21.6 Å². The lowest BCUT2D eigenvalue weighted by atomic mass is 10.1. The third-order valence-corrected chi connectivity index (χ3v) is 5.61. The van der Waals surface area contributed by atoms with Crippen LogP contribution in [0.3, 0.4) is 0 Å². The molecule has 3 heterocycles. The number of fused-ring (bicyclic) bond motifs is 2. The molecule has 0 atom stereocenters. The van der Waals surface area contributed by atoms with Crippen molar-refractivity contribution in [2.24, 2.45) is 0 Å². The van der Waals surface area contributed by atoms with Gasteiger partial charge < -0.3 is 10.3 Å². The summed E-state index contributed by atoms with van der Waals surface area (Å²) in [4.78, 5) is 32.6. The zero-order chi connectivity index (χ0) is 24.6. The molecule has 3 aromatic heterocycles. The molecule has 35 heavy (non-hydrogen) atoms. The Morgan fingerprint density at radius 2 is 1.91 bits per heavy atom. The van der Waals surface area contributed by atoms with Gasteiger partial charge in [-0.05, 0) is 29.8 Å². The maximum Gasteiger partial charge on any atom is 0.416 e. The van der Waals surface area contributed by atoms with Crippen molar-refractivity contribution in [3.63, 3.8) is 0 Å². The van der Waals surface area contributed by atoms with Gasteiger partial charge in [0.15, 0.2) is 5.65 Å². The molecule has 5 rings (SSSR count). The molecule has 8 nitrogen and oxygen atoms in total. The van der Waals surface area contributed by atoms with Crippen LogP contribution in [-0.4, -0.2) is 36.8 Å².